The molecule has 188 valence electrons. The van der Waals surface area contributed by atoms with Crippen LogP contribution in [0.3, 0.4) is 0 Å². The monoisotopic (exact) mass is 478 g/mol. The van der Waals surface area contributed by atoms with E-state index in [0.29, 0.717) is 12.5 Å². The molecule has 0 unspecified atom stereocenters. The number of fused-ring (bicyclic) bond motifs is 2. The highest BCUT2D eigenvalue weighted by Crippen LogP contribution is 2.41. The highest BCUT2D eigenvalue weighted by Gasteiger charge is 2.35. The molecule has 1 aromatic heterocycles. The van der Waals surface area contributed by atoms with Gasteiger partial charge in [-0.15, -0.1) is 0 Å². The van der Waals surface area contributed by atoms with Crippen LogP contribution >= 0.6 is 0 Å². The van der Waals surface area contributed by atoms with E-state index >= 15 is 0 Å². The smallest absolute Gasteiger partial charge is 0.230 e. The van der Waals surface area contributed by atoms with Crippen molar-refractivity contribution in [3.8, 4) is 0 Å². The highest BCUT2D eigenvalue weighted by atomic mass is 16.5. The molecule has 1 aromatic carbocycles. The topological polar surface area (TPSA) is 77.9 Å². The SMILES string of the molecule is CC(C)OC1CCC(C(=O)N2Cc3cccnc3Nc3ccc(N4C[C@@H](C)C[C@H]4CO)cc32)CC1. The Morgan fingerprint density at radius 1 is 1.23 bits per heavy atom. The second kappa shape index (κ2) is 10.2. The number of hydrogen-bond donors (Lipinski definition) is 2. The van der Waals surface area contributed by atoms with Crippen molar-refractivity contribution in [1.82, 2.24) is 4.98 Å². The molecule has 0 radical (unpaired) electrons. The van der Waals surface area contributed by atoms with Gasteiger partial charge in [0.2, 0.25) is 5.91 Å². The van der Waals surface area contributed by atoms with Gasteiger partial charge in [0.15, 0.2) is 0 Å². The molecular weight excluding hydrogens is 440 g/mol. The maximum atomic E-state index is 14.0. The summed E-state index contributed by atoms with van der Waals surface area (Å²) in [6.07, 6.45) is 6.79. The molecule has 3 aliphatic rings. The van der Waals surface area contributed by atoms with E-state index in [1.165, 1.54) is 0 Å². The Balaban J connectivity index is 1.45. The number of aliphatic hydroxyl groups is 1. The third kappa shape index (κ3) is 5.02. The summed E-state index contributed by atoms with van der Waals surface area (Å²) in [5.41, 5.74) is 3.85. The number of pyridine rings is 1. The van der Waals surface area contributed by atoms with Gasteiger partial charge in [0.05, 0.1) is 42.8 Å². The van der Waals surface area contributed by atoms with Crippen LogP contribution in [0, 0.1) is 11.8 Å². The number of carbonyl (C=O) groups excluding carboxylic acids is 1. The van der Waals surface area contributed by atoms with Gasteiger partial charge >= 0.3 is 0 Å². The van der Waals surface area contributed by atoms with Gasteiger partial charge in [0, 0.05) is 29.9 Å². The molecule has 1 saturated heterocycles. The number of ether oxygens (including phenoxy) is 1. The van der Waals surface area contributed by atoms with Gasteiger partial charge < -0.3 is 25.0 Å². The van der Waals surface area contributed by atoms with Crippen LogP contribution in [0.1, 0.15) is 58.4 Å². The summed E-state index contributed by atoms with van der Waals surface area (Å²) >= 11 is 0. The number of benzene rings is 1. The van der Waals surface area contributed by atoms with Crippen molar-refractivity contribution < 1.29 is 14.6 Å². The quantitative estimate of drug-likeness (QED) is 0.639. The summed E-state index contributed by atoms with van der Waals surface area (Å²) in [4.78, 5) is 22.8. The molecule has 35 heavy (non-hydrogen) atoms. The molecule has 5 rings (SSSR count). The van der Waals surface area contributed by atoms with Gasteiger partial charge in [-0.3, -0.25) is 4.79 Å². The van der Waals surface area contributed by atoms with Gasteiger partial charge in [0.25, 0.3) is 0 Å². The molecule has 2 fully saturated rings. The first-order chi connectivity index (χ1) is 16.9. The van der Waals surface area contributed by atoms with Crippen molar-refractivity contribution in [2.24, 2.45) is 11.8 Å². The zero-order valence-corrected chi connectivity index (χ0v) is 21.1. The number of nitrogens with one attached hydrogen (secondary N) is 1. The lowest BCUT2D eigenvalue weighted by atomic mass is 9.86. The molecule has 2 atom stereocenters. The van der Waals surface area contributed by atoms with E-state index in [4.69, 9.17) is 4.74 Å². The number of aromatic nitrogens is 1. The number of anilines is 4. The first-order valence-electron chi connectivity index (χ1n) is 13.1. The minimum absolute atomic E-state index is 0.00580. The number of nitrogens with zero attached hydrogens (tertiary/aromatic N) is 3. The number of rotatable bonds is 5. The largest absolute Gasteiger partial charge is 0.394 e. The van der Waals surface area contributed by atoms with Crippen LogP contribution in [-0.2, 0) is 16.1 Å². The van der Waals surface area contributed by atoms with Crippen LogP contribution in [0.25, 0.3) is 0 Å². The fraction of sp³-hybridized carbons (Fsp3) is 0.571. The molecule has 7 nitrogen and oxygen atoms in total. The van der Waals surface area contributed by atoms with Crippen LogP contribution in [0.15, 0.2) is 36.5 Å². The molecule has 7 heteroatoms. The second-order valence-corrected chi connectivity index (χ2v) is 10.8. The van der Waals surface area contributed by atoms with Crippen molar-refractivity contribution in [2.75, 3.05) is 28.3 Å². The molecular formula is C28H38N4O3. The predicted molar refractivity (Wildman–Crippen MR) is 139 cm³/mol. The van der Waals surface area contributed by atoms with E-state index < -0.39 is 0 Å². The van der Waals surface area contributed by atoms with Gasteiger partial charge in [-0.2, -0.15) is 0 Å². The Kier molecular flexibility index (Phi) is 6.98. The molecule has 3 heterocycles. The van der Waals surface area contributed by atoms with Gasteiger partial charge in [-0.25, -0.2) is 4.98 Å². The third-order valence-electron chi connectivity index (χ3n) is 7.66. The lowest BCUT2D eigenvalue weighted by Gasteiger charge is -2.33. The summed E-state index contributed by atoms with van der Waals surface area (Å²) in [5, 5.41) is 13.4. The minimum Gasteiger partial charge on any atom is -0.394 e. The third-order valence-corrected chi connectivity index (χ3v) is 7.66. The molecule has 1 saturated carbocycles. The Hall–Kier alpha value is -2.64. The normalized spacial score (nSPS) is 26.2. The van der Waals surface area contributed by atoms with Crippen molar-refractivity contribution in [3.63, 3.8) is 0 Å². The van der Waals surface area contributed by atoms with Crippen LogP contribution in [0.4, 0.5) is 22.9 Å². The van der Waals surface area contributed by atoms with Crippen LogP contribution < -0.4 is 15.1 Å². The summed E-state index contributed by atoms with van der Waals surface area (Å²) in [7, 11) is 0. The van der Waals surface area contributed by atoms with E-state index in [-0.39, 0.29) is 36.7 Å². The van der Waals surface area contributed by atoms with E-state index in [1.807, 2.05) is 17.0 Å². The second-order valence-electron chi connectivity index (χ2n) is 10.8. The molecule has 0 spiro atoms. The van der Waals surface area contributed by atoms with E-state index in [1.54, 1.807) is 6.20 Å². The van der Waals surface area contributed by atoms with Crippen molar-refractivity contribution in [3.05, 3.63) is 42.1 Å². The summed E-state index contributed by atoms with van der Waals surface area (Å²) in [5.74, 6) is 1.50. The van der Waals surface area contributed by atoms with E-state index in [9.17, 15) is 9.90 Å². The maximum Gasteiger partial charge on any atom is 0.230 e. The molecule has 2 N–H and O–H groups in total. The lowest BCUT2D eigenvalue weighted by molar-refractivity contribution is -0.124. The first-order valence-corrected chi connectivity index (χ1v) is 13.1. The zero-order valence-electron chi connectivity index (χ0n) is 21.1. The van der Waals surface area contributed by atoms with E-state index in [0.717, 1.165) is 67.1 Å². The Labute approximate surface area is 208 Å². The number of amides is 1. The zero-order chi connectivity index (χ0) is 24.5. The van der Waals surface area contributed by atoms with Crippen molar-refractivity contribution in [2.45, 2.75) is 77.7 Å². The van der Waals surface area contributed by atoms with Crippen molar-refractivity contribution >= 4 is 28.8 Å². The average Bonchev–Trinajstić information content (AvgIpc) is 3.15. The van der Waals surface area contributed by atoms with Gasteiger partial charge in [-0.05, 0) is 76.1 Å². The predicted octanol–water partition coefficient (Wildman–Crippen LogP) is 4.86. The summed E-state index contributed by atoms with van der Waals surface area (Å²) in [6.45, 7) is 7.92. The Morgan fingerprint density at radius 3 is 2.77 bits per heavy atom. The number of carbonyl (C=O) groups is 1. The van der Waals surface area contributed by atoms with Gasteiger partial charge in [-0.1, -0.05) is 13.0 Å². The highest BCUT2D eigenvalue weighted by molar-refractivity contribution is 6.00. The lowest BCUT2D eigenvalue weighted by Crippen LogP contribution is -2.39. The summed E-state index contributed by atoms with van der Waals surface area (Å²) < 4.78 is 6.02. The van der Waals surface area contributed by atoms with Gasteiger partial charge in [0.1, 0.15) is 5.82 Å². The fourth-order valence-corrected chi connectivity index (χ4v) is 5.98. The first kappa shape index (κ1) is 24.1. The van der Waals surface area contributed by atoms with Crippen LogP contribution in [0.5, 0.6) is 0 Å². The Morgan fingerprint density at radius 2 is 2.03 bits per heavy atom. The number of aliphatic hydroxyl groups excluding tert-OH is 1. The van der Waals surface area contributed by atoms with Crippen LogP contribution in [0.2, 0.25) is 0 Å². The van der Waals surface area contributed by atoms with Crippen LogP contribution in [-0.4, -0.2) is 47.4 Å². The Bertz CT molecular complexity index is 1050. The molecule has 1 aliphatic carbocycles. The molecule has 2 aromatic rings. The maximum absolute atomic E-state index is 14.0. The minimum atomic E-state index is -0.00580. The average molecular weight is 479 g/mol. The molecule has 0 bridgehead atoms. The van der Waals surface area contributed by atoms with Crippen molar-refractivity contribution in [1.29, 1.82) is 0 Å². The molecule has 2 aliphatic heterocycles. The fourth-order valence-electron chi connectivity index (χ4n) is 5.98. The standard InChI is InChI=1S/C28H38N4O3/c1-18(2)35-24-9-6-20(7-10-24)28(34)32-16-21-5-4-12-29-27(21)30-25-11-8-22(14-26(25)32)31-15-19(3)13-23(31)17-33/h4-5,8,11-12,14,18-20,23-24,33H,6-7,9-10,13,15-17H2,1-3H3,(H,29,30)/t19-,20?,23-,24?/m0/s1. The molecule has 1 amide bonds. The number of hydrogen-bond acceptors (Lipinski definition) is 6. The summed E-state index contributed by atoms with van der Waals surface area (Å²) in [6, 6.07) is 10.4. The van der Waals surface area contributed by atoms with E-state index in [2.05, 4.69) is 54.2 Å².